The van der Waals surface area contributed by atoms with Gasteiger partial charge >= 0.3 is 0 Å². The molecule has 2 aliphatic rings. The highest BCUT2D eigenvalue weighted by Crippen LogP contribution is 2.34. The van der Waals surface area contributed by atoms with Gasteiger partial charge in [0.25, 0.3) is 0 Å². The predicted octanol–water partition coefficient (Wildman–Crippen LogP) is 0.666. The number of para-hydroxylation sites is 1. The molecule has 9 nitrogen and oxygen atoms in total. The molecule has 9 heteroatoms. The van der Waals surface area contributed by atoms with Crippen molar-refractivity contribution in [3.05, 3.63) is 42.4 Å². The van der Waals surface area contributed by atoms with Gasteiger partial charge in [0.1, 0.15) is 29.8 Å². The molecule has 4 atom stereocenters. The van der Waals surface area contributed by atoms with Gasteiger partial charge in [-0.15, -0.1) is 0 Å². The largest absolute Gasteiger partial charge is 0.394 e. The molecule has 0 amide bonds. The normalized spacial score (nSPS) is 28.6. The number of imidazole rings is 1. The number of aliphatic hydroxyl groups is 3. The molecule has 28 heavy (non-hydrogen) atoms. The fourth-order valence-electron chi connectivity index (χ4n) is 3.54. The molecule has 0 spiro atoms. The number of aliphatic imine (C=N–C) groups is 1. The molecular weight excluding hydrogens is 362 g/mol. The number of rotatable bonds is 4. The zero-order chi connectivity index (χ0) is 19.8. The Morgan fingerprint density at radius 3 is 2.64 bits per heavy atom. The van der Waals surface area contributed by atoms with E-state index in [0.717, 1.165) is 11.5 Å². The van der Waals surface area contributed by atoms with E-state index in [1.54, 1.807) is 10.9 Å². The Morgan fingerprint density at radius 1 is 1.25 bits per heavy atom. The van der Waals surface area contributed by atoms with Gasteiger partial charge in [0.2, 0.25) is 0 Å². The fraction of sp³-hybridized carbons (Fsp3) is 0.474. The van der Waals surface area contributed by atoms with E-state index in [4.69, 9.17) is 9.73 Å². The summed E-state index contributed by atoms with van der Waals surface area (Å²) < 4.78 is 7.30. The molecule has 1 saturated heterocycles. The van der Waals surface area contributed by atoms with Gasteiger partial charge in [-0.2, -0.15) is 0 Å². The number of benzene rings is 1. The minimum Gasteiger partial charge on any atom is -0.394 e. The Labute approximate surface area is 162 Å². The van der Waals surface area contributed by atoms with Crippen molar-refractivity contribution < 1.29 is 20.1 Å². The lowest BCUT2D eigenvalue weighted by Crippen LogP contribution is -2.45. The molecule has 0 aliphatic carbocycles. The van der Waals surface area contributed by atoms with Crippen molar-refractivity contribution in [1.29, 1.82) is 0 Å². The third kappa shape index (κ3) is 3.16. The van der Waals surface area contributed by atoms with Crippen LogP contribution in [0.2, 0.25) is 0 Å². The molecule has 2 aliphatic heterocycles. The van der Waals surface area contributed by atoms with Crippen LogP contribution in [0, 0.1) is 0 Å². The molecule has 0 saturated carbocycles. The summed E-state index contributed by atoms with van der Waals surface area (Å²) in [7, 11) is 0. The van der Waals surface area contributed by atoms with Gasteiger partial charge in [-0.05, 0) is 26.0 Å². The fourth-order valence-corrected chi connectivity index (χ4v) is 3.54. The van der Waals surface area contributed by atoms with E-state index in [-0.39, 0.29) is 12.6 Å². The van der Waals surface area contributed by atoms with E-state index in [0.29, 0.717) is 18.2 Å². The van der Waals surface area contributed by atoms with Gasteiger partial charge in [-0.1, -0.05) is 18.2 Å². The SMILES string of the molecule is CC(C)N1CNc2c(ncn2[C@@H]2O[C@H](CO)[C@@H](O)[C@H]2O)C1=Nc1ccccc1. The second-order valence-electron chi connectivity index (χ2n) is 7.25. The number of amidine groups is 1. The number of ether oxygens (including phenoxy) is 1. The molecular formula is C19H25N5O4. The van der Waals surface area contributed by atoms with E-state index in [1.807, 2.05) is 30.3 Å². The molecule has 0 radical (unpaired) electrons. The Kier molecular flexibility index (Phi) is 5.07. The lowest BCUT2D eigenvalue weighted by molar-refractivity contribution is -0.0519. The van der Waals surface area contributed by atoms with Gasteiger partial charge in [0.05, 0.1) is 25.3 Å². The minimum atomic E-state index is -1.17. The highest BCUT2D eigenvalue weighted by molar-refractivity contribution is 6.04. The lowest BCUT2D eigenvalue weighted by atomic mass is 10.1. The highest BCUT2D eigenvalue weighted by atomic mass is 16.6. The van der Waals surface area contributed by atoms with Crippen molar-refractivity contribution in [2.24, 2.45) is 4.99 Å². The Balaban J connectivity index is 1.74. The molecule has 150 valence electrons. The summed E-state index contributed by atoms with van der Waals surface area (Å²) in [6, 6.07) is 9.85. The predicted molar refractivity (Wildman–Crippen MR) is 103 cm³/mol. The van der Waals surface area contributed by atoms with Crippen molar-refractivity contribution in [3.63, 3.8) is 0 Å². The van der Waals surface area contributed by atoms with Crippen molar-refractivity contribution in [1.82, 2.24) is 14.5 Å². The summed E-state index contributed by atoms with van der Waals surface area (Å²) in [5.74, 6) is 1.38. The van der Waals surface area contributed by atoms with Crippen LogP contribution in [0.4, 0.5) is 11.5 Å². The minimum absolute atomic E-state index is 0.196. The van der Waals surface area contributed by atoms with E-state index in [2.05, 4.69) is 29.0 Å². The molecule has 0 bridgehead atoms. The standard InChI is InChI=1S/C19H25N5O4/c1-11(2)23-10-21-17-14(18(23)22-12-6-4-3-5-7-12)20-9-24(17)19-16(27)15(26)13(8-25)28-19/h3-7,9,11,13,15-16,19,21,25-27H,8,10H2,1-2H3/t13-,15-,16-,19-/m1/s1. The monoisotopic (exact) mass is 387 g/mol. The first kappa shape index (κ1) is 18.9. The van der Waals surface area contributed by atoms with E-state index >= 15 is 0 Å². The summed E-state index contributed by atoms with van der Waals surface area (Å²) >= 11 is 0. The van der Waals surface area contributed by atoms with Crippen LogP contribution in [0.25, 0.3) is 0 Å². The average Bonchev–Trinajstić information content (AvgIpc) is 3.24. The molecule has 1 aromatic heterocycles. The second kappa shape index (κ2) is 7.51. The van der Waals surface area contributed by atoms with Gasteiger partial charge in [0, 0.05) is 6.04 Å². The van der Waals surface area contributed by atoms with Gasteiger partial charge in [0.15, 0.2) is 12.1 Å². The first-order chi connectivity index (χ1) is 13.5. The molecule has 0 unspecified atom stereocenters. The Hall–Kier alpha value is -2.46. The maximum atomic E-state index is 10.4. The number of nitrogens with one attached hydrogen (secondary N) is 1. The van der Waals surface area contributed by atoms with Crippen LogP contribution in [0.15, 0.2) is 41.7 Å². The van der Waals surface area contributed by atoms with E-state index in [1.165, 1.54) is 0 Å². The van der Waals surface area contributed by atoms with Crippen molar-refractivity contribution in [2.75, 3.05) is 18.6 Å². The van der Waals surface area contributed by atoms with Gasteiger partial charge < -0.3 is 30.3 Å². The topological polar surface area (TPSA) is 115 Å². The van der Waals surface area contributed by atoms with E-state index in [9.17, 15) is 15.3 Å². The number of hydrogen-bond donors (Lipinski definition) is 4. The maximum absolute atomic E-state index is 10.4. The van der Waals surface area contributed by atoms with Crippen LogP contribution in [0.5, 0.6) is 0 Å². The third-order valence-electron chi connectivity index (χ3n) is 5.10. The number of fused-ring (bicyclic) bond motifs is 1. The number of hydrogen-bond acceptors (Lipinski definition) is 7. The molecule has 1 fully saturated rings. The summed E-state index contributed by atoms with van der Waals surface area (Å²) in [5, 5.41) is 33.1. The number of aliphatic hydroxyl groups excluding tert-OH is 3. The van der Waals surface area contributed by atoms with Crippen LogP contribution in [-0.4, -0.2) is 73.2 Å². The Morgan fingerprint density at radius 2 is 2.00 bits per heavy atom. The van der Waals surface area contributed by atoms with Crippen LogP contribution in [-0.2, 0) is 4.74 Å². The first-order valence-corrected chi connectivity index (χ1v) is 9.35. The first-order valence-electron chi connectivity index (χ1n) is 9.35. The van der Waals surface area contributed by atoms with Crippen molar-refractivity contribution in [3.8, 4) is 0 Å². The zero-order valence-corrected chi connectivity index (χ0v) is 15.8. The van der Waals surface area contributed by atoms with Gasteiger partial charge in [-0.3, -0.25) is 4.57 Å². The van der Waals surface area contributed by atoms with Crippen LogP contribution < -0.4 is 5.32 Å². The highest BCUT2D eigenvalue weighted by Gasteiger charge is 2.45. The lowest BCUT2D eigenvalue weighted by Gasteiger charge is -2.34. The second-order valence-corrected chi connectivity index (χ2v) is 7.25. The van der Waals surface area contributed by atoms with Gasteiger partial charge in [-0.25, -0.2) is 9.98 Å². The molecule has 2 aromatic rings. The summed E-state index contributed by atoms with van der Waals surface area (Å²) in [6.45, 7) is 4.30. The van der Waals surface area contributed by atoms with Crippen LogP contribution in [0.1, 0.15) is 25.8 Å². The van der Waals surface area contributed by atoms with Crippen molar-refractivity contribution >= 4 is 17.3 Å². The average molecular weight is 387 g/mol. The summed E-state index contributed by atoms with van der Waals surface area (Å²) in [6.07, 6.45) is -2.47. The zero-order valence-electron chi connectivity index (χ0n) is 15.8. The Bertz CT molecular complexity index is 853. The maximum Gasteiger partial charge on any atom is 0.165 e. The summed E-state index contributed by atoms with van der Waals surface area (Å²) in [4.78, 5) is 11.4. The molecule has 1 aromatic carbocycles. The third-order valence-corrected chi connectivity index (χ3v) is 5.10. The summed E-state index contributed by atoms with van der Waals surface area (Å²) in [5.41, 5.74) is 1.46. The van der Waals surface area contributed by atoms with Crippen LogP contribution in [0.3, 0.4) is 0 Å². The van der Waals surface area contributed by atoms with E-state index < -0.39 is 24.5 Å². The van der Waals surface area contributed by atoms with Crippen LogP contribution >= 0.6 is 0 Å². The number of aromatic nitrogens is 2. The smallest absolute Gasteiger partial charge is 0.165 e. The number of nitrogens with zero attached hydrogens (tertiary/aromatic N) is 4. The number of anilines is 1. The molecule has 4 N–H and O–H groups in total. The van der Waals surface area contributed by atoms with Crippen molar-refractivity contribution in [2.45, 2.75) is 44.4 Å². The molecule has 3 heterocycles. The quantitative estimate of drug-likeness (QED) is 0.609. The molecule has 4 rings (SSSR count).